The summed E-state index contributed by atoms with van der Waals surface area (Å²) in [5.41, 5.74) is 3.22. The Morgan fingerprint density at radius 1 is 1.29 bits per heavy atom. The highest BCUT2D eigenvalue weighted by atomic mass is 32.2. The Hall–Kier alpha value is -2.02. The average molecular weight is 344 g/mol. The summed E-state index contributed by atoms with van der Waals surface area (Å²) < 4.78 is 0. The molecule has 6 nitrogen and oxygen atoms in total. The van der Waals surface area contributed by atoms with Crippen LogP contribution < -0.4 is 15.5 Å². The predicted molar refractivity (Wildman–Crippen MR) is 101 cm³/mol. The van der Waals surface area contributed by atoms with Crippen molar-refractivity contribution in [2.45, 2.75) is 38.9 Å². The average Bonchev–Trinajstić information content (AvgIpc) is 2.98. The first kappa shape index (κ1) is 16.8. The molecule has 7 heteroatoms. The van der Waals surface area contributed by atoms with E-state index in [2.05, 4.69) is 45.4 Å². The third-order valence-corrected chi connectivity index (χ3v) is 4.79. The minimum atomic E-state index is 0.734. The molecule has 24 heavy (non-hydrogen) atoms. The van der Waals surface area contributed by atoms with Crippen LogP contribution in [0.5, 0.6) is 0 Å². The molecule has 2 N–H and O–H groups in total. The molecular formula is C17H24N6S. The van der Waals surface area contributed by atoms with Crippen LogP contribution in [0.4, 0.5) is 17.3 Å². The summed E-state index contributed by atoms with van der Waals surface area (Å²) in [6.45, 7) is 8.61. The molecule has 0 aromatic carbocycles. The Kier molecular flexibility index (Phi) is 5.40. The lowest BCUT2D eigenvalue weighted by atomic mass is 10.2. The monoisotopic (exact) mass is 344 g/mol. The van der Waals surface area contributed by atoms with E-state index in [9.17, 15) is 0 Å². The number of aromatic nitrogens is 3. The van der Waals surface area contributed by atoms with E-state index in [1.165, 1.54) is 5.56 Å². The Morgan fingerprint density at radius 2 is 2.17 bits per heavy atom. The third-order valence-electron chi connectivity index (χ3n) is 3.74. The molecule has 2 aromatic rings. The number of pyridine rings is 1. The van der Waals surface area contributed by atoms with Crippen molar-refractivity contribution in [2.75, 3.05) is 34.5 Å². The Morgan fingerprint density at radius 3 is 2.88 bits per heavy atom. The van der Waals surface area contributed by atoms with E-state index >= 15 is 0 Å². The number of hydrogen-bond donors (Lipinski definition) is 2. The van der Waals surface area contributed by atoms with E-state index in [0.29, 0.717) is 0 Å². The number of fused-ring (bicyclic) bond motifs is 1. The highest BCUT2D eigenvalue weighted by molar-refractivity contribution is 7.99. The number of thioether (sulfide) groups is 1. The Balaban J connectivity index is 1.86. The van der Waals surface area contributed by atoms with Gasteiger partial charge in [-0.2, -0.15) is 0 Å². The summed E-state index contributed by atoms with van der Waals surface area (Å²) >= 11 is 1.71. The molecular weight excluding hydrogens is 320 g/mol. The predicted octanol–water partition coefficient (Wildman–Crippen LogP) is 3.50. The highest BCUT2D eigenvalue weighted by Crippen LogP contribution is 2.37. The maximum Gasteiger partial charge on any atom is 0.191 e. The number of aryl methyl sites for hydroxylation is 1. The van der Waals surface area contributed by atoms with E-state index in [-0.39, 0.29) is 0 Å². The number of rotatable bonds is 7. The summed E-state index contributed by atoms with van der Waals surface area (Å²) in [6.07, 6.45) is 3.05. The molecule has 0 amide bonds. The number of nitrogens with zero attached hydrogens (tertiary/aromatic N) is 4. The standard InChI is InChI=1S/C17H24N6S/c1-4-8-24-17-21-15(18-5-2)14-16(22-17)23(11-20-14)10-13-7-6-12(3)19-9-13/h6-7,9,20H,4-5,8,10-11H2,1-3H3,(H,18,21,22). The van der Waals surface area contributed by atoms with Crippen LogP contribution >= 0.6 is 11.8 Å². The lowest BCUT2D eigenvalue weighted by Gasteiger charge is -2.17. The molecule has 128 valence electrons. The second kappa shape index (κ2) is 7.70. The van der Waals surface area contributed by atoms with Crippen molar-refractivity contribution >= 4 is 29.1 Å². The maximum atomic E-state index is 4.78. The minimum Gasteiger partial charge on any atom is -0.368 e. The van der Waals surface area contributed by atoms with Crippen molar-refractivity contribution in [3.8, 4) is 0 Å². The molecule has 3 rings (SSSR count). The fourth-order valence-corrected chi connectivity index (χ4v) is 3.26. The molecule has 0 fully saturated rings. The van der Waals surface area contributed by atoms with E-state index < -0.39 is 0 Å². The van der Waals surface area contributed by atoms with Gasteiger partial charge in [0.1, 0.15) is 5.69 Å². The quantitative estimate of drug-likeness (QED) is 0.588. The van der Waals surface area contributed by atoms with Gasteiger partial charge in [0, 0.05) is 30.7 Å². The van der Waals surface area contributed by atoms with Gasteiger partial charge >= 0.3 is 0 Å². The zero-order valence-corrected chi connectivity index (χ0v) is 15.3. The lowest BCUT2D eigenvalue weighted by Crippen LogP contribution is -2.22. The van der Waals surface area contributed by atoms with Crippen LogP contribution in [0, 0.1) is 6.92 Å². The number of hydrogen-bond acceptors (Lipinski definition) is 7. The van der Waals surface area contributed by atoms with E-state index in [0.717, 1.165) is 60.1 Å². The van der Waals surface area contributed by atoms with Gasteiger partial charge in [0.05, 0.1) is 6.67 Å². The number of anilines is 3. The van der Waals surface area contributed by atoms with E-state index in [1.54, 1.807) is 11.8 Å². The van der Waals surface area contributed by atoms with Gasteiger partial charge in [-0.15, -0.1) is 0 Å². The summed E-state index contributed by atoms with van der Waals surface area (Å²) in [7, 11) is 0. The normalized spacial score (nSPS) is 12.9. The molecule has 0 spiro atoms. The molecule has 0 saturated heterocycles. The first-order chi connectivity index (χ1) is 11.7. The van der Waals surface area contributed by atoms with Gasteiger partial charge in [-0.25, -0.2) is 9.97 Å². The van der Waals surface area contributed by atoms with Crippen LogP contribution in [0.1, 0.15) is 31.5 Å². The summed E-state index contributed by atoms with van der Waals surface area (Å²) in [5, 5.41) is 7.61. The van der Waals surface area contributed by atoms with Gasteiger partial charge < -0.3 is 15.5 Å². The molecule has 2 aromatic heterocycles. The minimum absolute atomic E-state index is 0.734. The number of nitrogens with one attached hydrogen (secondary N) is 2. The molecule has 0 radical (unpaired) electrons. The van der Waals surface area contributed by atoms with Crippen LogP contribution in [-0.2, 0) is 6.54 Å². The Bertz CT molecular complexity index is 688. The van der Waals surface area contributed by atoms with Crippen LogP contribution in [0.3, 0.4) is 0 Å². The largest absolute Gasteiger partial charge is 0.368 e. The fraction of sp³-hybridized carbons (Fsp3) is 0.471. The van der Waals surface area contributed by atoms with Gasteiger partial charge in [0.25, 0.3) is 0 Å². The molecule has 3 heterocycles. The molecule has 0 bridgehead atoms. The van der Waals surface area contributed by atoms with Crippen molar-refractivity contribution < 1.29 is 0 Å². The highest BCUT2D eigenvalue weighted by Gasteiger charge is 2.25. The van der Waals surface area contributed by atoms with Crippen molar-refractivity contribution in [2.24, 2.45) is 0 Å². The van der Waals surface area contributed by atoms with Crippen LogP contribution in [0.15, 0.2) is 23.5 Å². The molecule has 1 aliphatic heterocycles. The zero-order valence-electron chi connectivity index (χ0n) is 14.5. The molecule has 0 unspecified atom stereocenters. The molecule has 0 aliphatic carbocycles. The van der Waals surface area contributed by atoms with Crippen LogP contribution in [0.2, 0.25) is 0 Å². The summed E-state index contributed by atoms with van der Waals surface area (Å²) in [5.74, 6) is 2.89. The van der Waals surface area contributed by atoms with Crippen molar-refractivity contribution in [1.82, 2.24) is 15.0 Å². The summed E-state index contributed by atoms with van der Waals surface area (Å²) in [6, 6.07) is 4.17. The van der Waals surface area contributed by atoms with Gasteiger partial charge in [-0.1, -0.05) is 24.8 Å². The maximum absolute atomic E-state index is 4.78. The smallest absolute Gasteiger partial charge is 0.191 e. The summed E-state index contributed by atoms with van der Waals surface area (Å²) in [4.78, 5) is 16.1. The SMILES string of the molecule is CCCSc1nc(NCC)c2c(n1)N(Cc1ccc(C)nc1)CN2. The van der Waals surface area contributed by atoms with Crippen LogP contribution in [-0.4, -0.2) is 33.9 Å². The van der Waals surface area contributed by atoms with Crippen molar-refractivity contribution in [1.29, 1.82) is 0 Å². The fourth-order valence-electron chi connectivity index (χ4n) is 2.57. The third kappa shape index (κ3) is 3.72. The first-order valence-electron chi connectivity index (χ1n) is 8.40. The van der Waals surface area contributed by atoms with Crippen LogP contribution in [0.25, 0.3) is 0 Å². The second-order valence-electron chi connectivity index (χ2n) is 5.77. The van der Waals surface area contributed by atoms with Gasteiger partial charge in [-0.05, 0) is 31.9 Å². The van der Waals surface area contributed by atoms with Crippen molar-refractivity contribution in [3.05, 3.63) is 29.6 Å². The van der Waals surface area contributed by atoms with Crippen molar-refractivity contribution in [3.63, 3.8) is 0 Å². The molecule has 0 atom stereocenters. The Labute approximate surface area is 147 Å². The van der Waals surface area contributed by atoms with E-state index in [4.69, 9.17) is 4.98 Å². The van der Waals surface area contributed by atoms with Gasteiger partial charge in [0.2, 0.25) is 0 Å². The van der Waals surface area contributed by atoms with Gasteiger partial charge in [-0.3, -0.25) is 4.98 Å². The second-order valence-corrected chi connectivity index (χ2v) is 6.83. The zero-order chi connectivity index (χ0) is 16.9. The molecule has 0 saturated carbocycles. The first-order valence-corrected chi connectivity index (χ1v) is 9.38. The van der Waals surface area contributed by atoms with Gasteiger partial charge in [0.15, 0.2) is 16.8 Å². The molecule has 1 aliphatic rings. The topological polar surface area (TPSA) is 66.0 Å². The van der Waals surface area contributed by atoms with E-state index in [1.807, 2.05) is 19.2 Å². The lowest BCUT2D eigenvalue weighted by molar-refractivity contribution is 0.833.